The third kappa shape index (κ3) is 4.56. The highest BCUT2D eigenvalue weighted by atomic mass is 35.5. The summed E-state index contributed by atoms with van der Waals surface area (Å²) in [6, 6.07) is 14.8. The van der Waals surface area contributed by atoms with Crippen LogP contribution >= 0.6 is 11.6 Å². The normalized spacial score (nSPS) is 14.7. The number of rotatable bonds is 7. The third-order valence-electron chi connectivity index (χ3n) is 5.30. The van der Waals surface area contributed by atoms with Crippen LogP contribution < -0.4 is 5.32 Å². The number of hydrogen-bond donors (Lipinski definition) is 1. The van der Waals surface area contributed by atoms with Crippen molar-refractivity contribution in [3.05, 3.63) is 65.4 Å². The maximum atomic E-state index is 13.1. The first-order chi connectivity index (χ1) is 14.6. The zero-order valence-corrected chi connectivity index (χ0v) is 17.4. The van der Waals surface area contributed by atoms with Gasteiger partial charge in [0.1, 0.15) is 5.69 Å². The van der Waals surface area contributed by atoms with Gasteiger partial charge >= 0.3 is 0 Å². The molecule has 0 radical (unpaired) electrons. The average Bonchev–Trinajstić information content (AvgIpc) is 3.17. The van der Waals surface area contributed by atoms with E-state index in [9.17, 15) is 9.59 Å². The Bertz CT molecular complexity index is 1040. The molecular weight excluding hydrogens is 402 g/mol. The number of pyridine rings is 1. The van der Waals surface area contributed by atoms with Gasteiger partial charge in [-0.05, 0) is 48.9 Å². The van der Waals surface area contributed by atoms with Crippen LogP contribution in [0.2, 0.25) is 5.02 Å². The van der Waals surface area contributed by atoms with Crippen LogP contribution in [-0.2, 0) is 9.53 Å². The Balaban J connectivity index is 1.49. The van der Waals surface area contributed by atoms with Crippen LogP contribution in [0.1, 0.15) is 16.9 Å². The lowest BCUT2D eigenvalue weighted by atomic mass is 10.0. The summed E-state index contributed by atoms with van der Waals surface area (Å²) in [5.74, 6) is -1.13. The second-order valence-electron chi connectivity index (χ2n) is 7.30. The van der Waals surface area contributed by atoms with Gasteiger partial charge in [-0.25, -0.2) is 0 Å². The van der Waals surface area contributed by atoms with E-state index in [1.54, 1.807) is 22.7 Å². The summed E-state index contributed by atoms with van der Waals surface area (Å²) in [5.41, 5.74) is 2.77. The fourth-order valence-corrected chi connectivity index (χ4v) is 3.85. The highest BCUT2D eigenvalue weighted by molar-refractivity contribution is 6.43. The van der Waals surface area contributed by atoms with Crippen LogP contribution in [-0.4, -0.2) is 60.4 Å². The predicted molar refractivity (Wildman–Crippen MR) is 117 cm³/mol. The molecule has 0 bridgehead atoms. The van der Waals surface area contributed by atoms with Crippen molar-refractivity contribution >= 4 is 28.8 Å². The van der Waals surface area contributed by atoms with Gasteiger partial charge in [0.05, 0.1) is 13.2 Å². The van der Waals surface area contributed by atoms with Gasteiger partial charge in [-0.1, -0.05) is 29.8 Å². The number of fused-ring (bicyclic) bond motifs is 1. The van der Waals surface area contributed by atoms with Gasteiger partial charge < -0.3 is 14.5 Å². The Morgan fingerprint density at radius 2 is 1.83 bits per heavy atom. The van der Waals surface area contributed by atoms with Gasteiger partial charge in [0, 0.05) is 41.9 Å². The van der Waals surface area contributed by atoms with Crippen LogP contribution in [0.4, 0.5) is 0 Å². The van der Waals surface area contributed by atoms with Crippen LogP contribution in [0, 0.1) is 0 Å². The topological polar surface area (TPSA) is 63.1 Å². The lowest BCUT2D eigenvalue weighted by molar-refractivity contribution is -0.117. The van der Waals surface area contributed by atoms with Gasteiger partial charge in [-0.2, -0.15) is 0 Å². The highest BCUT2D eigenvalue weighted by Gasteiger charge is 2.24. The summed E-state index contributed by atoms with van der Waals surface area (Å²) < 4.78 is 7.10. The molecule has 6 nitrogen and oxygen atoms in total. The molecule has 3 heterocycles. The molecule has 2 aromatic heterocycles. The Morgan fingerprint density at radius 1 is 1.07 bits per heavy atom. The first-order valence-corrected chi connectivity index (χ1v) is 10.5. The Morgan fingerprint density at radius 3 is 2.60 bits per heavy atom. The second-order valence-corrected chi connectivity index (χ2v) is 7.74. The number of carbonyl (C=O) groups excluding carboxylic acids is 2. The number of morpholine rings is 1. The summed E-state index contributed by atoms with van der Waals surface area (Å²) in [6.45, 7) is 4.66. The number of halogens is 1. The smallest absolute Gasteiger partial charge is 0.294 e. The van der Waals surface area contributed by atoms with Crippen molar-refractivity contribution in [3.8, 4) is 11.1 Å². The minimum absolute atomic E-state index is 0.360. The van der Waals surface area contributed by atoms with E-state index in [0.717, 1.165) is 50.3 Å². The molecule has 0 spiro atoms. The van der Waals surface area contributed by atoms with E-state index < -0.39 is 11.7 Å². The lowest BCUT2D eigenvalue weighted by Gasteiger charge is -2.26. The zero-order valence-electron chi connectivity index (χ0n) is 16.6. The first kappa shape index (κ1) is 20.6. The van der Waals surface area contributed by atoms with E-state index in [-0.39, 0.29) is 0 Å². The molecular formula is C23H24ClN3O3. The molecule has 0 unspecified atom stereocenters. The van der Waals surface area contributed by atoms with E-state index in [0.29, 0.717) is 22.8 Å². The third-order valence-corrected chi connectivity index (χ3v) is 5.55. The highest BCUT2D eigenvalue weighted by Crippen LogP contribution is 2.29. The number of carbonyl (C=O) groups is 2. The molecule has 1 N–H and O–H groups in total. The summed E-state index contributed by atoms with van der Waals surface area (Å²) in [6.07, 6.45) is 2.59. The van der Waals surface area contributed by atoms with Crippen molar-refractivity contribution in [2.75, 3.05) is 39.4 Å². The first-order valence-electron chi connectivity index (χ1n) is 10.1. The molecule has 30 heavy (non-hydrogen) atoms. The molecule has 0 saturated carbocycles. The summed E-state index contributed by atoms with van der Waals surface area (Å²) in [4.78, 5) is 28.0. The average molecular weight is 426 g/mol. The number of nitrogens with zero attached hydrogens (tertiary/aromatic N) is 2. The van der Waals surface area contributed by atoms with Crippen LogP contribution in [0.25, 0.3) is 16.6 Å². The number of hydrogen-bond acceptors (Lipinski definition) is 4. The van der Waals surface area contributed by atoms with Gasteiger partial charge in [-0.15, -0.1) is 0 Å². The molecule has 1 aliphatic heterocycles. The molecule has 1 aromatic carbocycles. The Kier molecular flexibility index (Phi) is 6.47. The minimum Gasteiger partial charge on any atom is -0.379 e. The fraction of sp³-hybridized carbons (Fsp3) is 0.304. The number of nitrogens with one attached hydrogen (secondary N) is 1. The molecule has 1 fully saturated rings. The largest absolute Gasteiger partial charge is 0.379 e. The summed E-state index contributed by atoms with van der Waals surface area (Å²) in [7, 11) is 0. The summed E-state index contributed by atoms with van der Waals surface area (Å²) >= 11 is 6.01. The molecule has 1 amide bonds. The lowest BCUT2D eigenvalue weighted by Crippen LogP contribution is -2.39. The van der Waals surface area contributed by atoms with Gasteiger partial charge in [0.25, 0.3) is 11.7 Å². The number of benzene rings is 1. The standard InChI is InChI=1S/C23H24ClN3O3/c24-18-7-5-17(6-8-18)20-16-19-4-1-2-11-27(19)21(20)22(28)23(29)25-9-3-10-26-12-14-30-15-13-26/h1-2,4-8,11,16H,3,9-10,12-15H2,(H,25,29). The van der Waals surface area contributed by atoms with Crippen molar-refractivity contribution in [2.45, 2.75) is 6.42 Å². The Labute approximate surface area is 180 Å². The van der Waals surface area contributed by atoms with Crippen molar-refractivity contribution in [1.82, 2.24) is 14.6 Å². The van der Waals surface area contributed by atoms with Gasteiger partial charge in [0.2, 0.25) is 0 Å². The van der Waals surface area contributed by atoms with Crippen molar-refractivity contribution in [3.63, 3.8) is 0 Å². The van der Waals surface area contributed by atoms with Crippen LogP contribution in [0.15, 0.2) is 54.7 Å². The van der Waals surface area contributed by atoms with E-state index in [1.807, 2.05) is 36.4 Å². The van der Waals surface area contributed by atoms with Crippen molar-refractivity contribution < 1.29 is 14.3 Å². The molecule has 1 aliphatic rings. The zero-order chi connectivity index (χ0) is 20.9. The number of ether oxygens (including phenoxy) is 1. The number of aromatic nitrogens is 1. The molecule has 0 aliphatic carbocycles. The predicted octanol–water partition coefficient (Wildman–Crippen LogP) is 3.28. The fourth-order valence-electron chi connectivity index (χ4n) is 3.72. The van der Waals surface area contributed by atoms with E-state index in [4.69, 9.17) is 16.3 Å². The van der Waals surface area contributed by atoms with Gasteiger partial charge in [-0.3, -0.25) is 14.5 Å². The van der Waals surface area contributed by atoms with Crippen molar-refractivity contribution in [1.29, 1.82) is 0 Å². The quantitative estimate of drug-likeness (QED) is 0.358. The minimum atomic E-state index is -0.587. The maximum absolute atomic E-state index is 13.1. The van der Waals surface area contributed by atoms with E-state index >= 15 is 0 Å². The maximum Gasteiger partial charge on any atom is 0.294 e. The van der Waals surface area contributed by atoms with Gasteiger partial charge in [0.15, 0.2) is 0 Å². The second kappa shape index (κ2) is 9.43. The van der Waals surface area contributed by atoms with Crippen LogP contribution in [0.3, 0.4) is 0 Å². The van der Waals surface area contributed by atoms with Crippen molar-refractivity contribution in [2.24, 2.45) is 0 Å². The molecule has 7 heteroatoms. The SMILES string of the molecule is O=C(NCCCN1CCOCC1)C(=O)c1c(-c2ccc(Cl)cc2)cc2ccccn12. The van der Waals surface area contributed by atoms with Crippen LogP contribution in [0.5, 0.6) is 0 Å². The number of ketones is 1. The molecule has 0 atom stereocenters. The number of amides is 1. The molecule has 3 aromatic rings. The monoisotopic (exact) mass is 425 g/mol. The number of Topliss-reactive ketones (excluding diaryl/α,β-unsaturated/α-hetero) is 1. The van der Waals surface area contributed by atoms with E-state index in [2.05, 4.69) is 10.2 Å². The Hall–Kier alpha value is -2.67. The molecule has 4 rings (SSSR count). The summed E-state index contributed by atoms with van der Waals surface area (Å²) in [5, 5.41) is 3.40. The molecule has 156 valence electrons. The molecule has 1 saturated heterocycles. The van der Waals surface area contributed by atoms with E-state index in [1.165, 1.54) is 0 Å².